The summed E-state index contributed by atoms with van der Waals surface area (Å²) in [4.78, 5) is 13.2. The van der Waals surface area contributed by atoms with Crippen LogP contribution in [-0.2, 0) is 23.0 Å². The monoisotopic (exact) mass is 547 g/mol. The minimum absolute atomic E-state index is 0.0749. The lowest BCUT2D eigenvalue weighted by atomic mass is 10.2. The molecule has 0 aliphatic carbocycles. The van der Waals surface area contributed by atoms with Gasteiger partial charge in [0.1, 0.15) is 45.8 Å². The number of benzene rings is 2. The molecule has 2 N–H and O–H groups in total. The molecule has 5 rings (SSSR count). The van der Waals surface area contributed by atoms with E-state index in [2.05, 4.69) is 25.6 Å². The van der Waals surface area contributed by atoms with E-state index in [0.29, 0.717) is 48.2 Å². The third kappa shape index (κ3) is 7.15. The maximum atomic E-state index is 13.1. The molecule has 5 aromatic rings. The number of sulfone groups is 1. The molecule has 3 aromatic heterocycles. The summed E-state index contributed by atoms with van der Waals surface area (Å²) in [5.41, 5.74) is 3.85. The van der Waals surface area contributed by atoms with Crippen molar-refractivity contribution in [2.45, 2.75) is 13.2 Å². The molecular weight excluding hydrogens is 521 g/mol. The zero-order valence-electron chi connectivity index (χ0n) is 21.1. The number of furan rings is 1. The van der Waals surface area contributed by atoms with Gasteiger partial charge in [-0.05, 0) is 54.1 Å². The quantitative estimate of drug-likeness (QED) is 0.223. The molecule has 0 aliphatic heterocycles. The largest absolute Gasteiger partial charge is 0.489 e. The number of nitrogens with one attached hydrogen (secondary N) is 2. The second-order valence-electron chi connectivity index (χ2n) is 9.00. The van der Waals surface area contributed by atoms with Gasteiger partial charge in [-0.3, -0.25) is 4.98 Å². The Bertz CT molecular complexity index is 1670. The van der Waals surface area contributed by atoms with Crippen LogP contribution in [0.4, 0.5) is 15.9 Å². The van der Waals surface area contributed by atoms with Crippen molar-refractivity contribution in [1.29, 1.82) is 0 Å². The average molecular weight is 548 g/mol. The summed E-state index contributed by atoms with van der Waals surface area (Å²) in [5.74, 6) is 1.67. The Morgan fingerprint density at radius 2 is 1.77 bits per heavy atom. The van der Waals surface area contributed by atoms with Crippen molar-refractivity contribution in [2.24, 2.45) is 0 Å². The van der Waals surface area contributed by atoms with Crippen LogP contribution in [0.15, 0.2) is 83.9 Å². The molecular formula is C28H26FN5O4S. The zero-order valence-corrected chi connectivity index (χ0v) is 21.9. The first-order valence-electron chi connectivity index (χ1n) is 12.1. The number of pyridine rings is 1. The van der Waals surface area contributed by atoms with Gasteiger partial charge in [0.05, 0.1) is 23.7 Å². The predicted octanol–water partition coefficient (Wildman–Crippen LogP) is 4.88. The average Bonchev–Trinajstić information content (AvgIpc) is 3.40. The minimum Gasteiger partial charge on any atom is -0.489 e. The van der Waals surface area contributed by atoms with E-state index < -0.39 is 9.84 Å². The summed E-state index contributed by atoms with van der Waals surface area (Å²) < 4.78 is 47.2. The summed E-state index contributed by atoms with van der Waals surface area (Å²) in [6.07, 6.45) is 5.97. The van der Waals surface area contributed by atoms with Gasteiger partial charge in [0.15, 0.2) is 5.76 Å². The molecule has 0 saturated heterocycles. The van der Waals surface area contributed by atoms with E-state index in [4.69, 9.17) is 9.15 Å². The van der Waals surface area contributed by atoms with Crippen molar-refractivity contribution in [3.63, 3.8) is 0 Å². The van der Waals surface area contributed by atoms with Crippen LogP contribution >= 0.6 is 0 Å². The molecule has 0 atom stereocenters. The number of aromatic nitrogens is 3. The number of nitrogens with zero attached hydrogens (tertiary/aromatic N) is 3. The Balaban J connectivity index is 1.26. The molecule has 0 spiro atoms. The lowest BCUT2D eigenvalue weighted by Gasteiger charge is -2.10. The highest BCUT2D eigenvalue weighted by Gasteiger charge is 2.11. The molecule has 9 nitrogen and oxygen atoms in total. The molecule has 0 fully saturated rings. The summed E-state index contributed by atoms with van der Waals surface area (Å²) in [7, 11) is -3.01. The molecule has 39 heavy (non-hydrogen) atoms. The van der Waals surface area contributed by atoms with E-state index in [-0.39, 0.29) is 11.6 Å². The predicted molar refractivity (Wildman–Crippen MR) is 147 cm³/mol. The van der Waals surface area contributed by atoms with Crippen LogP contribution in [0.1, 0.15) is 11.1 Å². The Kier molecular flexibility index (Phi) is 7.80. The lowest BCUT2D eigenvalue weighted by Crippen LogP contribution is -2.21. The number of rotatable bonds is 11. The second-order valence-corrected chi connectivity index (χ2v) is 11.3. The minimum atomic E-state index is -3.01. The first-order chi connectivity index (χ1) is 18.8. The second kappa shape index (κ2) is 11.6. The van der Waals surface area contributed by atoms with Gasteiger partial charge in [0.25, 0.3) is 0 Å². The number of anilines is 2. The van der Waals surface area contributed by atoms with Gasteiger partial charge in [-0.1, -0.05) is 12.1 Å². The summed E-state index contributed by atoms with van der Waals surface area (Å²) in [6, 6.07) is 17.4. The fourth-order valence-corrected chi connectivity index (χ4v) is 4.32. The lowest BCUT2D eigenvalue weighted by molar-refractivity contribution is 0.306. The third-order valence-electron chi connectivity index (χ3n) is 5.84. The number of ether oxygens (including phenoxy) is 1. The smallest absolute Gasteiger partial charge is 0.152 e. The molecule has 2 aromatic carbocycles. The fraction of sp³-hybridized carbons (Fsp3) is 0.179. The molecule has 0 saturated carbocycles. The van der Waals surface area contributed by atoms with Gasteiger partial charge in [0.2, 0.25) is 0 Å². The van der Waals surface area contributed by atoms with Crippen molar-refractivity contribution in [3.8, 4) is 17.2 Å². The maximum Gasteiger partial charge on any atom is 0.152 e. The highest BCUT2D eigenvalue weighted by atomic mass is 32.2. The molecule has 200 valence electrons. The highest BCUT2D eigenvalue weighted by molar-refractivity contribution is 7.90. The van der Waals surface area contributed by atoms with Crippen molar-refractivity contribution in [3.05, 3.63) is 96.4 Å². The molecule has 0 bridgehead atoms. The van der Waals surface area contributed by atoms with Crippen molar-refractivity contribution in [1.82, 2.24) is 20.3 Å². The Labute approximate surface area is 225 Å². The molecule has 3 heterocycles. The summed E-state index contributed by atoms with van der Waals surface area (Å²) >= 11 is 0. The molecule has 11 heteroatoms. The normalized spacial score (nSPS) is 11.5. The van der Waals surface area contributed by atoms with E-state index in [9.17, 15) is 12.8 Å². The van der Waals surface area contributed by atoms with Crippen LogP contribution in [0, 0.1) is 5.82 Å². The molecule has 0 radical (unpaired) electrons. The standard InChI is InChI=1S/C28H26FN5O4S/c1-39(35,36)11-10-30-14-20-12-27(38-17-20)25-13-24-26(15-31-25)32-18-33-28(24)34-22-6-8-23(9-7-22)37-16-19-2-4-21(29)5-3-19/h2-9,12-13,15,17-18,30H,10-11,14,16H2,1H3,(H,32,33,34). The van der Waals surface area contributed by atoms with Gasteiger partial charge in [-0.15, -0.1) is 0 Å². The van der Waals surface area contributed by atoms with Crippen molar-refractivity contribution >= 4 is 32.2 Å². The maximum absolute atomic E-state index is 13.1. The van der Waals surface area contributed by atoms with E-state index in [1.165, 1.54) is 24.7 Å². The topological polar surface area (TPSA) is 119 Å². The Morgan fingerprint density at radius 3 is 2.54 bits per heavy atom. The van der Waals surface area contributed by atoms with E-state index in [0.717, 1.165) is 22.2 Å². The van der Waals surface area contributed by atoms with Gasteiger partial charge in [0, 0.05) is 36.0 Å². The first kappa shape index (κ1) is 26.3. The van der Waals surface area contributed by atoms with E-state index in [1.807, 2.05) is 36.4 Å². The fourth-order valence-electron chi connectivity index (χ4n) is 3.80. The Hall–Kier alpha value is -4.35. The molecule has 0 aliphatic rings. The van der Waals surface area contributed by atoms with E-state index in [1.54, 1.807) is 24.6 Å². The van der Waals surface area contributed by atoms with Gasteiger partial charge in [-0.25, -0.2) is 22.8 Å². The van der Waals surface area contributed by atoms with Gasteiger partial charge in [-0.2, -0.15) is 0 Å². The number of hydrogen-bond acceptors (Lipinski definition) is 9. The van der Waals surface area contributed by atoms with Crippen LogP contribution in [-0.4, -0.2) is 41.9 Å². The van der Waals surface area contributed by atoms with Crippen LogP contribution in [0.25, 0.3) is 22.4 Å². The van der Waals surface area contributed by atoms with E-state index >= 15 is 0 Å². The van der Waals surface area contributed by atoms with Gasteiger partial charge < -0.3 is 19.8 Å². The van der Waals surface area contributed by atoms with Crippen LogP contribution in [0.3, 0.4) is 0 Å². The SMILES string of the molecule is CS(=O)(=O)CCNCc1coc(-c2cc3c(Nc4ccc(OCc5ccc(F)cc5)cc4)ncnc3cn2)c1. The highest BCUT2D eigenvalue weighted by Crippen LogP contribution is 2.28. The number of halogens is 1. The number of hydrogen-bond donors (Lipinski definition) is 2. The van der Waals surface area contributed by atoms with Crippen LogP contribution in [0.2, 0.25) is 0 Å². The van der Waals surface area contributed by atoms with Crippen molar-refractivity contribution < 1.29 is 22.0 Å². The van der Waals surface area contributed by atoms with Crippen LogP contribution in [0.5, 0.6) is 5.75 Å². The van der Waals surface area contributed by atoms with Gasteiger partial charge >= 0.3 is 0 Å². The summed E-state index contributed by atoms with van der Waals surface area (Å²) in [5, 5.41) is 7.18. The number of fused-ring (bicyclic) bond motifs is 1. The molecule has 0 unspecified atom stereocenters. The molecule has 0 amide bonds. The first-order valence-corrected chi connectivity index (χ1v) is 14.2. The third-order valence-corrected chi connectivity index (χ3v) is 6.79. The summed E-state index contributed by atoms with van der Waals surface area (Å²) in [6.45, 7) is 1.18. The zero-order chi connectivity index (χ0) is 27.2. The van der Waals surface area contributed by atoms with Crippen LogP contribution < -0.4 is 15.4 Å². The Morgan fingerprint density at radius 1 is 0.974 bits per heavy atom. The van der Waals surface area contributed by atoms with Crippen molar-refractivity contribution in [2.75, 3.05) is 23.9 Å².